The van der Waals surface area contributed by atoms with Crippen LogP contribution in [-0.2, 0) is 6.18 Å². The Kier molecular flexibility index (Phi) is 4.11. The summed E-state index contributed by atoms with van der Waals surface area (Å²) >= 11 is 0. The molecule has 1 rings (SSSR count). The van der Waals surface area contributed by atoms with Crippen molar-refractivity contribution >= 4 is 0 Å². The molecular formula is C10H8F7NO. The molecule has 2 atom stereocenters. The largest absolute Gasteiger partial charge is 0.416 e. The van der Waals surface area contributed by atoms with E-state index in [0.717, 1.165) is 0 Å². The average molecular weight is 291 g/mol. The SMILES string of the molecule is N[C@H](c1cc(F)cc(C(F)(F)F)c1)[C@@H](O)C(F)(F)F. The fourth-order valence-electron chi connectivity index (χ4n) is 1.35. The van der Waals surface area contributed by atoms with E-state index < -0.39 is 41.4 Å². The summed E-state index contributed by atoms with van der Waals surface area (Å²) in [6.07, 6.45) is -13.1. The van der Waals surface area contributed by atoms with E-state index in [1.807, 2.05) is 0 Å². The number of rotatable bonds is 2. The van der Waals surface area contributed by atoms with Crippen LogP contribution in [0.25, 0.3) is 0 Å². The minimum absolute atomic E-state index is 0.121. The van der Waals surface area contributed by atoms with E-state index in [1.54, 1.807) is 0 Å². The molecule has 0 spiro atoms. The first-order chi connectivity index (χ1) is 8.43. The maximum absolute atomic E-state index is 13.0. The highest BCUT2D eigenvalue weighted by Crippen LogP contribution is 2.34. The van der Waals surface area contributed by atoms with Gasteiger partial charge in [0, 0.05) is 0 Å². The van der Waals surface area contributed by atoms with E-state index in [-0.39, 0.29) is 12.1 Å². The first kappa shape index (κ1) is 15.7. The first-order valence-electron chi connectivity index (χ1n) is 4.81. The Morgan fingerprint density at radius 2 is 1.53 bits per heavy atom. The standard InChI is InChI=1S/C10H8F7NO/c11-6-2-4(1-5(3-6)9(12,13)14)7(18)8(19)10(15,16)17/h1-3,7-8,19H,18H2/t7-,8-/m1/s1. The van der Waals surface area contributed by atoms with E-state index in [0.29, 0.717) is 6.07 Å². The molecule has 1 aromatic rings. The van der Waals surface area contributed by atoms with Crippen molar-refractivity contribution in [3.05, 3.63) is 35.1 Å². The fourth-order valence-corrected chi connectivity index (χ4v) is 1.35. The van der Waals surface area contributed by atoms with Crippen LogP contribution in [0, 0.1) is 5.82 Å². The van der Waals surface area contributed by atoms with E-state index in [1.165, 1.54) is 0 Å². The van der Waals surface area contributed by atoms with E-state index in [2.05, 4.69) is 0 Å². The van der Waals surface area contributed by atoms with Crippen LogP contribution in [0.15, 0.2) is 18.2 Å². The number of hydrogen-bond donors (Lipinski definition) is 2. The Bertz CT molecular complexity index is 454. The lowest BCUT2D eigenvalue weighted by molar-refractivity contribution is -0.210. The van der Waals surface area contributed by atoms with Gasteiger partial charge in [-0.1, -0.05) is 0 Å². The molecule has 0 aliphatic carbocycles. The van der Waals surface area contributed by atoms with E-state index >= 15 is 0 Å². The molecule has 9 heteroatoms. The summed E-state index contributed by atoms with van der Waals surface area (Å²) in [5, 5.41) is 8.84. The third-order valence-corrected chi connectivity index (χ3v) is 2.31. The third-order valence-electron chi connectivity index (χ3n) is 2.31. The Hall–Kier alpha value is -1.35. The van der Waals surface area contributed by atoms with Crippen molar-refractivity contribution in [2.75, 3.05) is 0 Å². The molecule has 0 fully saturated rings. The molecule has 0 bridgehead atoms. The second kappa shape index (κ2) is 4.97. The molecule has 0 radical (unpaired) electrons. The first-order valence-corrected chi connectivity index (χ1v) is 4.81. The summed E-state index contributed by atoms with van der Waals surface area (Å²) in [5.74, 6) is -1.39. The number of nitrogens with two attached hydrogens (primary N) is 1. The fraction of sp³-hybridized carbons (Fsp3) is 0.400. The van der Waals surface area contributed by atoms with Crippen LogP contribution in [0.1, 0.15) is 17.2 Å². The van der Waals surface area contributed by atoms with Crippen molar-refractivity contribution in [1.82, 2.24) is 0 Å². The minimum Gasteiger partial charge on any atom is -0.382 e. The number of benzene rings is 1. The van der Waals surface area contributed by atoms with Crippen molar-refractivity contribution < 1.29 is 35.8 Å². The number of halogens is 7. The molecule has 0 heterocycles. The summed E-state index contributed by atoms with van der Waals surface area (Å²) in [7, 11) is 0. The summed E-state index contributed by atoms with van der Waals surface area (Å²) in [6.45, 7) is 0. The highest BCUT2D eigenvalue weighted by molar-refractivity contribution is 5.29. The van der Waals surface area contributed by atoms with Gasteiger partial charge >= 0.3 is 12.4 Å². The monoisotopic (exact) mass is 291 g/mol. The van der Waals surface area contributed by atoms with Crippen molar-refractivity contribution in [2.45, 2.75) is 24.5 Å². The molecule has 0 aliphatic heterocycles. The molecule has 0 aromatic heterocycles. The molecule has 0 amide bonds. The molecule has 19 heavy (non-hydrogen) atoms. The Morgan fingerprint density at radius 3 is 1.95 bits per heavy atom. The maximum atomic E-state index is 13.0. The summed E-state index contributed by atoms with van der Waals surface area (Å²) in [4.78, 5) is 0. The lowest BCUT2D eigenvalue weighted by Gasteiger charge is -2.22. The van der Waals surface area contributed by atoms with E-state index in [4.69, 9.17) is 10.8 Å². The second-order valence-electron chi connectivity index (χ2n) is 3.78. The molecule has 3 N–H and O–H groups in total. The number of aliphatic hydroxyl groups excluding tert-OH is 1. The van der Waals surface area contributed by atoms with Gasteiger partial charge in [0.1, 0.15) is 5.82 Å². The maximum Gasteiger partial charge on any atom is 0.416 e. The van der Waals surface area contributed by atoms with Crippen molar-refractivity contribution in [2.24, 2.45) is 5.73 Å². The zero-order valence-corrected chi connectivity index (χ0v) is 9.06. The van der Waals surface area contributed by atoms with Gasteiger partial charge in [-0.15, -0.1) is 0 Å². The highest BCUT2D eigenvalue weighted by Gasteiger charge is 2.43. The van der Waals surface area contributed by atoms with Crippen LogP contribution in [0.3, 0.4) is 0 Å². The number of aliphatic hydroxyl groups is 1. The molecule has 0 unspecified atom stereocenters. The third kappa shape index (κ3) is 3.80. The van der Waals surface area contributed by atoms with Gasteiger partial charge in [-0.05, 0) is 23.8 Å². The summed E-state index contributed by atoms with van der Waals surface area (Å²) in [5.41, 5.74) is 2.73. The smallest absolute Gasteiger partial charge is 0.382 e. The normalized spacial score (nSPS) is 16.3. The van der Waals surface area contributed by atoms with Gasteiger partial charge in [-0.3, -0.25) is 0 Å². The quantitative estimate of drug-likeness (QED) is 0.823. The zero-order chi connectivity index (χ0) is 15.0. The predicted molar refractivity (Wildman–Crippen MR) is 50.4 cm³/mol. The molecule has 0 saturated heterocycles. The lowest BCUT2D eigenvalue weighted by Crippen LogP contribution is -2.39. The average Bonchev–Trinajstić information content (AvgIpc) is 2.23. The molecule has 0 saturated carbocycles. The van der Waals surface area contributed by atoms with Gasteiger partial charge < -0.3 is 10.8 Å². The summed E-state index contributed by atoms with van der Waals surface area (Å²) in [6, 6.07) is -1.41. The number of alkyl halides is 6. The molecular weight excluding hydrogens is 283 g/mol. The lowest BCUT2D eigenvalue weighted by atomic mass is 9.99. The van der Waals surface area contributed by atoms with Crippen molar-refractivity contribution in [3.63, 3.8) is 0 Å². The van der Waals surface area contributed by atoms with Crippen molar-refractivity contribution in [3.8, 4) is 0 Å². The highest BCUT2D eigenvalue weighted by atomic mass is 19.4. The Morgan fingerprint density at radius 1 is 1.00 bits per heavy atom. The van der Waals surface area contributed by atoms with Crippen LogP contribution < -0.4 is 5.73 Å². The van der Waals surface area contributed by atoms with Crippen molar-refractivity contribution in [1.29, 1.82) is 0 Å². The molecule has 1 aromatic carbocycles. The van der Waals surface area contributed by atoms with Gasteiger partial charge in [0.05, 0.1) is 11.6 Å². The van der Waals surface area contributed by atoms with Crippen LogP contribution in [0.2, 0.25) is 0 Å². The predicted octanol–water partition coefficient (Wildman–Crippen LogP) is 2.77. The van der Waals surface area contributed by atoms with Crippen LogP contribution in [0.4, 0.5) is 30.7 Å². The van der Waals surface area contributed by atoms with Gasteiger partial charge in [-0.25, -0.2) is 4.39 Å². The Labute approximate surface area is 102 Å². The number of hydrogen-bond acceptors (Lipinski definition) is 2. The van der Waals surface area contributed by atoms with Gasteiger partial charge in [-0.2, -0.15) is 26.3 Å². The topological polar surface area (TPSA) is 46.2 Å². The second-order valence-corrected chi connectivity index (χ2v) is 3.78. The van der Waals surface area contributed by atoms with Crippen LogP contribution in [-0.4, -0.2) is 17.4 Å². The van der Waals surface area contributed by atoms with Gasteiger partial charge in [0.15, 0.2) is 6.10 Å². The zero-order valence-electron chi connectivity index (χ0n) is 9.06. The summed E-state index contributed by atoms with van der Waals surface area (Å²) < 4.78 is 86.5. The van der Waals surface area contributed by atoms with Crippen LogP contribution in [0.5, 0.6) is 0 Å². The van der Waals surface area contributed by atoms with Gasteiger partial charge in [0.25, 0.3) is 0 Å². The van der Waals surface area contributed by atoms with Crippen LogP contribution >= 0.6 is 0 Å². The van der Waals surface area contributed by atoms with E-state index in [9.17, 15) is 30.7 Å². The molecule has 0 aliphatic rings. The van der Waals surface area contributed by atoms with Gasteiger partial charge in [0.2, 0.25) is 0 Å². The molecule has 108 valence electrons. The minimum atomic E-state index is -5.12. The molecule has 2 nitrogen and oxygen atoms in total. The Balaban J connectivity index is 3.18.